The van der Waals surface area contributed by atoms with E-state index in [0.717, 1.165) is 28.8 Å². The van der Waals surface area contributed by atoms with Crippen molar-refractivity contribution in [3.63, 3.8) is 0 Å². The molecular formula is C18H23IN6S. The van der Waals surface area contributed by atoms with E-state index in [0.29, 0.717) is 13.1 Å². The fourth-order valence-electron chi connectivity index (χ4n) is 2.33. The quantitative estimate of drug-likeness (QED) is 0.321. The van der Waals surface area contributed by atoms with Crippen LogP contribution in [0.25, 0.3) is 5.69 Å². The van der Waals surface area contributed by atoms with E-state index in [2.05, 4.69) is 63.8 Å². The summed E-state index contributed by atoms with van der Waals surface area (Å²) in [6.07, 6.45) is 5.60. The monoisotopic (exact) mass is 482 g/mol. The molecule has 0 radical (unpaired) electrons. The zero-order chi connectivity index (χ0) is 17.5. The molecule has 2 N–H and O–H groups in total. The van der Waals surface area contributed by atoms with Crippen LogP contribution in [-0.4, -0.2) is 27.3 Å². The number of aromatic nitrogens is 3. The Morgan fingerprint density at radius 2 is 2.04 bits per heavy atom. The van der Waals surface area contributed by atoms with Crippen LogP contribution in [0.2, 0.25) is 0 Å². The van der Waals surface area contributed by atoms with Gasteiger partial charge in [-0.3, -0.25) is 0 Å². The standard InChI is InChI=1S/C18H22N6S.HI/c1-3-19-18(22-13-17-20-11-14(2)25-17)21-12-15-5-7-16(8-6-15)24-10-4-9-23-24;/h4-11H,3,12-13H2,1-2H3,(H2,19,21,22);1H. The molecule has 0 unspecified atom stereocenters. The highest BCUT2D eigenvalue weighted by Crippen LogP contribution is 2.11. The molecule has 2 heterocycles. The molecular weight excluding hydrogens is 459 g/mol. The fraction of sp³-hybridized carbons (Fsp3) is 0.278. The summed E-state index contributed by atoms with van der Waals surface area (Å²) in [5, 5.41) is 11.9. The first-order chi connectivity index (χ1) is 12.2. The molecule has 0 bridgehead atoms. The van der Waals surface area contributed by atoms with E-state index in [4.69, 9.17) is 0 Å². The fourth-order valence-corrected chi connectivity index (χ4v) is 3.06. The van der Waals surface area contributed by atoms with Gasteiger partial charge in [-0.15, -0.1) is 35.3 Å². The second-order valence-electron chi connectivity index (χ2n) is 5.53. The summed E-state index contributed by atoms with van der Waals surface area (Å²) in [6.45, 7) is 6.24. The van der Waals surface area contributed by atoms with E-state index < -0.39 is 0 Å². The summed E-state index contributed by atoms with van der Waals surface area (Å²) in [5.41, 5.74) is 2.19. The molecule has 0 saturated carbocycles. The van der Waals surface area contributed by atoms with Crippen molar-refractivity contribution in [3.8, 4) is 5.69 Å². The van der Waals surface area contributed by atoms with Crippen LogP contribution in [0.3, 0.4) is 0 Å². The average molecular weight is 482 g/mol. The van der Waals surface area contributed by atoms with Crippen LogP contribution >= 0.6 is 35.3 Å². The summed E-state index contributed by atoms with van der Waals surface area (Å²) in [7, 11) is 0. The maximum atomic E-state index is 4.65. The lowest BCUT2D eigenvalue weighted by atomic mass is 10.2. The molecule has 26 heavy (non-hydrogen) atoms. The van der Waals surface area contributed by atoms with Crippen molar-refractivity contribution < 1.29 is 0 Å². The van der Waals surface area contributed by atoms with Gasteiger partial charge in [0.05, 0.1) is 18.8 Å². The highest BCUT2D eigenvalue weighted by atomic mass is 127. The van der Waals surface area contributed by atoms with Crippen LogP contribution < -0.4 is 10.6 Å². The zero-order valence-corrected chi connectivity index (χ0v) is 18.0. The van der Waals surface area contributed by atoms with Gasteiger partial charge in [0.2, 0.25) is 0 Å². The Morgan fingerprint density at radius 3 is 2.65 bits per heavy atom. The van der Waals surface area contributed by atoms with Gasteiger partial charge < -0.3 is 10.6 Å². The normalized spacial score (nSPS) is 11.1. The van der Waals surface area contributed by atoms with Crippen molar-refractivity contribution in [3.05, 3.63) is 64.4 Å². The minimum absolute atomic E-state index is 0. The molecule has 3 aromatic rings. The highest BCUT2D eigenvalue weighted by Gasteiger charge is 2.02. The molecule has 0 aliphatic heterocycles. The first-order valence-electron chi connectivity index (χ1n) is 8.27. The number of aliphatic imine (C=N–C) groups is 1. The lowest BCUT2D eigenvalue weighted by molar-refractivity contribution is 0.811. The molecule has 0 saturated heterocycles. The number of benzene rings is 1. The summed E-state index contributed by atoms with van der Waals surface area (Å²) in [6, 6.07) is 10.2. The lowest BCUT2D eigenvalue weighted by Crippen LogP contribution is -2.36. The number of hydrogen-bond donors (Lipinski definition) is 2. The smallest absolute Gasteiger partial charge is 0.191 e. The van der Waals surface area contributed by atoms with Crippen molar-refractivity contribution in [2.24, 2.45) is 4.99 Å². The second-order valence-corrected chi connectivity index (χ2v) is 6.85. The number of hydrogen-bond acceptors (Lipinski definition) is 4. The summed E-state index contributed by atoms with van der Waals surface area (Å²) >= 11 is 1.70. The number of nitrogens with zero attached hydrogens (tertiary/aromatic N) is 4. The minimum atomic E-state index is 0. The minimum Gasteiger partial charge on any atom is -0.357 e. The van der Waals surface area contributed by atoms with E-state index in [-0.39, 0.29) is 24.0 Å². The maximum Gasteiger partial charge on any atom is 0.191 e. The molecule has 6 nitrogen and oxygen atoms in total. The number of nitrogens with one attached hydrogen (secondary N) is 2. The number of guanidine groups is 1. The van der Waals surface area contributed by atoms with Gasteiger partial charge in [-0.05, 0) is 37.6 Å². The molecule has 0 aliphatic carbocycles. The molecule has 0 fully saturated rings. The van der Waals surface area contributed by atoms with Gasteiger partial charge in [0.1, 0.15) is 5.01 Å². The van der Waals surface area contributed by atoms with Crippen molar-refractivity contribution in [1.82, 2.24) is 25.4 Å². The van der Waals surface area contributed by atoms with E-state index in [1.807, 2.05) is 23.1 Å². The maximum absolute atomic E-state index is 4.65. The first-order valence-corrected chi connectivity index (χ1v) is 9.08. The van der Waals surface area contributed by atoms with Gasteiger partial charge in [-0.25, -0.2) is 14.7 Å². The van der Waals surface area contributed by atoms with Crippen LogP contribution in [0.5, 0.6) is 0 Å². The number of halogens is 1. The van der Waals surface area contributed by atoms with Crippen molar-refractivity contribution in [2.45, 2.75) is 26.9 Å². The number of rotatable bonds is 6. The van der Waals surface area contributed by atoms with Crippen LogP contribution in [0.15, 0.2) is 53.9 Å². The largest absolute Gasteiger partial charge is 0.357 e. The average Bonchev–Trinajstić information content (AvgIpc) is 3.30. The Balaban J connectivity index is 0.00000243. The second kappa shape index (κ2) is 10.3. The van der Waals surface area contributed by atoms with Crippen molar-refractivity contribution in [1.29, 1.82) is 0 Å². The lowest BCUT2D eigenvalue weighted by Gasteiger charge is -2.10. The van der Waals surface area contributed by atoms with Gasteiger partial charge in [-0.2, -0.15) is 5.10 Å². The van der Waals surface area contributed by atoms with Crippen molar-refractivity contribution in [2.75, 3.05) is 6.54 Å². The van der Waals surface area contributed by atoms with E-state index in [9.17, 15) is 0 Å². The van der Waals surface area contributed by atoms with E-state index in [1.165, 1.54) is 4.88 Å². The molecule has 0 atom stereocenters. The molecule has 2 aromatic heterocycles. The molecule has 1 aromatic carbocycles. The Labute approximate surface area is 174 Å². The summed E-state index contributed by atoms with van der Waals surface area (Å²) < 4.78 is 1.84. The third-order valence-electron chi connectivity index (χ3n) is 3.55. The molecule has 0 amide bonds. The SMILES string of the molecule is CCNC(=NCc1ccc(-n2cccn2)cc1)NCc1ncc(C)s1.I. The summed E-state index contributed by atoms with van der Waals surface area (Å²) in [5.74, 6) is 0.798. The third kappa shape index (κ3) is 5.80. The van der Waals surface area contributed by atoms with E-state index >= 15 is 0 Å². The Hall–Kier alpha value is -1.94. The molecule has 8 heteroatoms. The van der Waals surface area contributed by atoms with Crippen molar-refractivity contribution >= 4 is 41.3 Å². The van der Waals surface area contributed by atoms with Gasteiger partial charge >= 0.3 is 0 Å². The van der Waals surface area contributed by atoms with E-state index in [1.54, 1.807) is 17.5 Å². The van der Waals surface area contributed by atoms with Gasteiger partial charge in [0.25, 0.3) is 0 Å². The predicted octanol–water partition coefficient (Wildman–Crippen LogP) is 3.51. The molecule has 0 aliphatic rings. The highest BCUT2D eigenvalue weighted by molar-refractivity contribution is 14.0. The zero-order valence-electron chi connectivity index (χ0n) is 14.8. The first kappa shape index (κ1) is 20.4. The van der Waals surface area contributed by atoms with Gasteiger partial charge in [0.15, 0.2) is 5.96 Å². The Morgan fingerprint density at radius 1 is 1.23 bits per heavy atom. The topological polar surface area (TPSA) is 67.1 Å². The predicted molar refractivity (Wildman–Crippen MR) is 117 cm³/mol. The third-order valence-corrected chi connectivity index (χ3v) is 4.46. The Kier molecular flexibility index (Phi) is 8.05. The van der Waals surface area contributed by atoms with Gasteiger partial charge in [-0.1, -0.05) is 12.1 Å². The molecule has 138 valence electrons. The molecule has 0 spiro atoms. The molecule has 3 rings (SSSR count). The van der Waals surface area contributed by atoms with Crippen LogP contribution in [0, 0.1) is 6.92 Å². The number of aryl methyl sites for hydroxylation is 1. The van der Waals surface area contributed by atoms with Crippen LogP contribution in [0.1, 0.15) is 22.4 Å². The van der Waals surface area contributed by atoms with Gasteiger partial charge in [0, 0.05) is 30.0 Å². The Bertz CT molecular complexity index is 811. The van der Waals surface area contributed by atoms with Crippen LogP contribution in [0.4, 0.5) is 0 Å². The summed E-state index contributed by atoms with van der Waals surface area (Å²) in [4.78, 5) is 10.2. The number of thiazole rings is 1. The van der Waals surface area contributed by atoms with Crippen LogP contribution in [-0.2, 0) is 13.1 Å².